The third-order valence-corrected chi connectivity index (χ3v) is 0.753. The fraction of sp³-hybridized carbons (Fsp3) is 0. The van der Waals surface area contributed by atoms with Gasteiger partial charge in [0.05, 0.1) is 0 Å². The molecule has 0 radical (unpaired) electrons. The first-order valence-corrected chi connectivity index (χ1v) is 2.23. The van der Waals surface area contributed by atoms with Crippen molar-refractivity contribution in [3.63, 3.8) is 0 Å². The molecule has 0 bridgehead atoms. The summed E-state index contributed by atoms with van der Waals surface area (Å²) < 4.78 is 7.32. The van der Waals surface area contributed by atoms with Crippen LogP contribution in [0.2, 0.25) is 0 Å². The molecular weight excluding hydrogens is 94.6 g/mol. The van der Waals surface area contributed by atoms with Crippen molar-refractivity contribution in [1.82, 2.24) is 14.1 Å². The van der Waals surface area contributed by atoms with Crippen LogP contribution in [0.5, 0.6) is 0 Å². The van der Waals surface area contributed by atoms with Gasteiger partial charge in [0.2, 0.25) is 0 Å². The van der Waals surface area contributed by atoms with Gasteiger partial charge in [0, 0.05) is 0 Å². The molecule has 0 saturated carbocycles. The summed E-state index contributed by atoms with van der Waals surface area (Å²) in [5.41, 5.74) is 0. The van der Waals surface area contributed by atoms with E-state index in [-0.39, 0.29) is 0 Å². The number of aromatic nitrogens is 3. The van der Waals surface area contributed by atoms with Crippen LogP contribution in [-0.2, 0) is 0 Å². The molecule has 0 unspecified atom stereocenters. The Kier molecular flexibility index (Phi) is 1.39. The van der Waals surface area contributed by atoms with Gasteiger partial charge >= 0.3 is 37.0 Å². The third kappa shape index (κ3) is 0.902. The Morgan fingerprint density at radius 3 is 2.00 bits per heavy atom. The molecule has 1 aromatic heterocycles. The maximum atomic E-state index is 3.66. The van der Waals surface area contributed by atoms with Gasteiger partial charge in [-0.2, -0.15) is 0 Å². The zero-order valence-electron chi connectivity index (χ0n) is 2.94. The normalized spacial score (nSPS) is 6.67. The molecule has 6 heteroatoms. The van der Waals surface area contributed by atoms with Gasteiger partial charge in [-0.3, -0.25) is 0 Å². The first kappa shape index (κ1) is 4.00. The standard InChI is InChI=1S/B2N3P/c1-3-2-5-6-4-1. The van der Waals surface area contributed by atoms with Crippen LogP contribution in [0.4, 0.5) is 0 Å². The second-order valence-corrected chi connectivity index (χ2v) is 1.34. The summed E-state index contributed by atoms with van der Waals surface area (Å²) in [6, 6.07) is 0. The fourth-order valence-corrected chi connectivity index (χ4v) is 0.437. The number of rotatable bonds is 0. The second kappa shape index (κ2) is 2.08. The van der Waals surface area contributed by atoms with Gasteiger partial charge in [-0.15, -0.1) is 0 Å². The zero-order chi connectivity index (χ0) is 4.24. The first-order chi connectivity index (χ1) is 3.00. The molecule has 0 saturated heterocycles. The zero-order valence-corrected chi connectivity index (χ0v) is 3.84. The van der Waals surface area contributed by atoms with E-state index >= 15 is 0 Å². The molecule has 0 aliphatic heterocycles. The second-order valence-electron chi connectivity index (χ2n) is 0.700. The van der Waals surface area contributed by atoms with Crippen molar-refractivity contribution in [2.75, 3.05) is 0 Å². The molecule has 0 fully saturated rings. The van der Waals surface area contributed by atoms with Crippen molar-refractivity contribution in [1.29, 1.82) is 0 Å². The van der Waals surface area contributed by atoms with Crippen molar-refractivity contribution in [3.8, 4) is 0 Å². The summed E-state index contributed by atoms with van der Waals surface area (Å²) in [5, 5.41) is 0. The monoisotopic (exact) mass is 95.0 g/mol. The number of nitrogens with zero attached hydrogens (tertiary/aromatic N) is 3. The van der Waals surface area contributed by atoms with Crippen LogP contribution in [0.3, 0.4) is 0 Å². The van der Waals surface area contributed by atoms with Crippen LogP contribution in [0.15, 0.2) is 0 Å². The quantitative estimate of drug-likeness (QED) is 0.420. The van der Waals surface area contributed by atoms with E-state index in [1.165, 1.54) is 14.4 Å². The summed E-state index contributed by atoms with van der Waals surface area (Å²) >= 11 is 0. The molecule has 0 aromatic carbocycles. The summed E-state index contributed by atoms with van der Waals surface area (Å²) in [6.45, 7) is 0. The molecule has 0 aliphatic rings. The van der Waals surface area contributed by atoms with Gasteiger partial charge in [-0.25, -0.2) is 0 Å². The summed E-state index contributed by atoms with van der Waals surface area (Å²) in [6.07, 6.45) is 0. The van der Waals surface area contributed by atoms with E-state index in [1.807, 2.05) is 0 Å². The average Bonchev–Trinajstić information content (AvgIpc) is 1.72. The topological polar surface area (TPSA) is 38.7 Å². The Morgan fingerprint density at radius 2 is 1.83 bits per heavy atom. The van der Waals surface area contributed by atoms with E-state index in [4.69, 9.17) is 0 Å². The molecule has 0 aliphatic carbocycles. The summed E-state index contributed by atoms with van der Waals surface area (Å²) in [5.74, 6) is 0. The van der Waals surface area contributed by atoms with E-state index in [2.05, 4.69) is 14.1 Å². The van der Waals surface area contributed by atoms with E-state index in [0.717, 1.165) is 8.51 Å². The SMILES string of the molecule is b1nbnpn1. The van der Waals surface area contributed by atoms with Gasteiger partial charge in [0.25, 0.3) is 0 Å². The maximum absolute atomic E-state index is 3.66. The van der Waals surface area contributed by atoms with Gasteiger partial charge in [-0.05, 0) is 0 Å². The predicted molar refractivity (Wildman–Crippen MR) is 25.0 cm³/mol. The molecule has 0 spiro atoms. The minimum absolute atomic E-state index is 0.743. The van der Waals surface area contributed by atoms with Crippen LogP contribution in [0.25, 0.3) is 0 Å². The van der Waals surface area contributed by atoms with Gasteiger partial charge in [0.15, 0.2) is 0 Å². The van der Waals surface area contributed by atoms with Crippen LogP contribution < -0.4 is 0 Å². The summed E-state index contributed by atoms with van der Waals surface area (Å²) in [7, 11) is 3.70. The molecule has 0 N–H and O–H groups in total. The first-order valence-electron chi connectivity index (χ1n) is 1.43. The van der Waals surface area contributed by atoms with E-state index < -0.39 is 0 Å². The Hall–Kier alpha value is -0.170. The van der Waals surface area contributed by atoms with E-state index in [1.54, 1.807) is 0 Å². The number of hydrogen-bond donors (Lipinski definition) is 0. The molecule has 0 atom stereocenters. The van der Waals surface area contributed by atoms with Crippen LogP contribution in [0.1, 0.15) is 0 Å². The van der Waals surface area contributed by atoms with Gasteiger partial charge < -0.3 is 0 Å². The molecule has 1 heterocycles. The van der Waals surface area contributed by atoms with Crippen molar-refractivity contribution in [2.45, 2.75) is 0 Å². The average molecular weight is 94.6 g/mol. The van der Waals surface area contributed by atoms with Crippen LogP contribution in [-0.4, -0.2) is 28.5 Å². The number of hydrogen-bond acceptors (Lipinski definition) is 3. The predicted octanol–water partition coefficient (Wildman–Crippen LogP) is -0.872. The summed E-state index contributed by atoms with van der Waals surface area (Å²) in [4.78, 5) is 3.59. The Labute approximate surface area is 38.0 Å². The van der Waals surface area contributed by atoms with Crippen molar-refractivity contribution in [2.24, 2.45) is 0 Å². The molecule has 0 amide bonds. The van der Waals surface area contributed by atoms with Crippen LogP contribution in [0, 0.1) is 0 Å². The van der Waals surface area contributed by atoms with Crippen molar-refractivity contribution < 1.29 is 0 Å². The Bertz CT molecular complexity index is 80.7. The van der Waals surface area contributed by atoms with E-state index in [9.17, 15) is 0 Å². The van der Waals surface area contributed by atoms with Crippen LogP contribution >= 0.6 is 8.51 Å². The minimum atomic E-state index is 0.743. The molecule has 6 heavy (non-hydrogen) atoms. The molecule has 3 nitrogen and oxygen atoms in total. The Morgan fingerprint density at radius 1 is 1.17 bits per heavy atom. The van der Waals surface area contributed by atoms with E-state index in [0.29, 0.717) is 0 Å². The molecule has 26 valence electrons. The fourth-order valence-electron chi connectivity index (χ4n) is 0.165. The van der Waals surface area contributed by atoms with Gasteiger partial charge in [0.1, 0.15) is 0 Å². The molecule has 1 rings (SSSR count). The van der Waals surface area contributed by atoms with Crippen molar-refractivity contribution in [3.05, 3.63) is 0 Å². The third-order valence-electron chi connectivity index (χ3n) is 0.340. The Balaban J connectivity index is 3.00. The molecule has 1 aromatic rings. The van der Waals surface area contributed by atoms with Crippen molar-refractivity contribution >= 4 is 22.9 Å². The van der Waals surface area contributed by atoms with Gasteiger partial charge in [-0.1, -0.05) is 0 Å². The molecular formula is B2N3P.